The maximum atomic E-state index is 16.0. The number of benzene rings is 3. The number of β-amino-alcohol motifs (C(OH)–C–C–N with tert-alkyl or cyclic N) is 1. The molecule has 1 saturated carbocycles. The van der Waals surface area contributed by atoms with Gasteiger partial charge in [0, 0.05) is 73.5 Å². The van der Waals surface area contributed by atoms with E-state index < -0.39 is 34.8 Å². The van der Waals surface area contributed by atoms with Crippen molar-refractivity contribution < 1.29 is 38.3 Å². The molecule has 524 valence electrons. The molecule has 6 aliphatic rings. The van der Waals surface area contributed by atoms with E-state index in [0.29, 0.717) is 84.5 Å². The molecule has 8 heterocycles. The Kier molecular flexibility index (Phi) is 21.0. The van der Waals surface area contributed by atoms with Crippen molar-refractivity contribution in [2.75, 3.05) is 62.6 Å². The maximum absolute atomic E-state index is 16.0. The number of aliphatic hydroxyl groups excluding tert-OH is 1. The molecule has 5 aliphatic heterocycles. The molecule has 5 fully saturated rings. The Labute approximate surface area is 580 Å². The number of anilines is 3. The van der Waals surface area contributed by atoms with Crippen molar-refractivity contribution in [2.45, 2.75) is 213 Å². The van der Waals surface area contributed by atoms with E-state index in [1.54, 1.807) is 30.7 Å². The summed E-state index contributed by atoms with van der Waals surface area (Å²) in [7, 11) is 0. The van der Waals surface area contributed by atoms with Gasteiger partial charge in [-0.15, -0.1) is 11.3 Å². The monoisotopic (exact) mass is 1360 g/mol. The molecule has 20 nitrogen and oxygen atoms in total. The third-order valence-electron chi connectivity index (χ3n) is 21.8. The van der Waals surface area contributed by atoms with Crippen LogP contribution in [-0.2, 0) is 29.4 Å². The van der Waals surface area contributed by atoms with Crippen molar-refractivity contribution in [3.05, 3.63) is 106 Å². The highest BCUT2D eigenvalue weighted by Crippen LogP contribution is 2.52. The number of carbonyl (C=O) groups is 6. The number of carbonyl (C=O) groups excluding carboxylic acids is 6. The second-order valence-corrected chi connectivity index (χ2v) is 31.3. The highest BCUT2D eigenvalue weighted by Gasteiger charge is 2.56. The summed E-state index contributed by atoms with van der Waals surface area (Å²) in [5.74, 6) is -0.713. The minimum atomic E-state index is -0.901. The van der Waals surface area contributed by atoms with Crippen LogP contribution < -0.4 is 26.2 Å². The summed E-state index contributed by atoms with van der Waals surface area (Å²) in [5, 5.41) is 23.1. The molecular formula is C76H100FN13O7S. The van der Waals surface area contributed by atoms with E-state index in [9.17, 15) is 29.1 Å². The zero-order chi connectivity index (χ0) is 69.5. The molecule has 3 aromatic carbocycles. The Bertz CT molecular complexity index is 3930. The summed E-state index contributed by atoms with van der Waals surface area (Å²) in [6, 6.07) is 17.3. The number of rotatable bonds is 21. The summed E-state index contributed by atoms with van der Waals surface area (Å²) in [6.07, 6.45) is 12.1. The zero-order valence-corrected chi connectivity index (χ0v) is 59.7. The van der Waals surface area contributed by atoms with Gasteiger partial charge in [0.2, 0.25) is 29.5 Å². The lowest BCUT2D eigenvalue weighted by Gasteiger charge is -2.48. The van der Waals surface area contributed by atoms with Crippen molar-refractivity contribution in [1.29, 1.82) is 0 Å². The molecule has 1 aliphatic carbocycles. The summed E-state index contributed by atoms with van der Waals surface area (Å²) < 4.78 is 18.0. The first-order valence-electron chi connectivity index (χ1n) is 35.9. The normalized spacial score (nSPS) is 21.4. The van der Waals surface area contributed by atoms with Crippen LogP contribution in [0, 0.1) is 31.0 Å². The maximum Gasteiger partial charge on any atom is 0.251 e. The molecule has 0 bridgehead atoms. The van der Waals surface area contributed by atoms with Gasteiger partial charge in [-0.25, -0.2) is 19.3 Å². The minimum Gasteiger partial charge on any atom is -0.391 e. The number of unbranched alkanes of at least 4 members (excludes halogenated alkanes) is 1. The van der Waals surface area contributed by atoms with Gasteiger partial charge in [-0.05, 0) is 190 Å². The van der Waals surface area contributed by atoms with Gasteiger partial charge in [-0.1, -0.05) is 76.4 Å². The van der Waals surface area contributed by atoms with Crippen molar-refractivity contribution in [3.8, 4) is 21.7 Å². The molecule has 5 N–H and O–H groups in total. The van der Waals surface area contributed by atoms with Crippen LogP contribution in [0.3, 0.4) is 0 Å². The van der Waals surface area contributed by atoms with Crippen molar-refractivity contribution in [2.24, 2.45) is 11.3 Å². The van der Waals surface area contributed by atoms with Crippen LogP contribution in [0.1, 0.15) is 190 Å². The van der Waals surface area contributed by atoms with Crippen LogP contribution >= 0.6 is 11.3 Å². The number of nitrogens with one attached hydrogen (secondary N) is 4. The summed E-state index contributed by atoms with van der Waals surface area (Å²) in [4.78, 5) is 111. The number of imidazole rings is 1. The molecule has 4 saturated heterocycles. The molecular weight excluding hydrogens is 1260 g/mol. The highest BCUT2D eigenvalue weighted by atomic mass is 32.1. The van der Waals surface area contributed by atoms with Crippen LogP contribution in [-0.4, -0.2) is 168 Å². The SMILES string of the molecule is Cc1cc(F)c(Nc2nc(-c3ccc4c(c3)N(C3CC(N5CCCCC5)C3)C(=O)C43CCN(C(=O)CN4CCC(CCCCC(=O)N[C@H](C(=O)N5C[C@H](O)C[C@H]5C(=O)N[C@@H](C)c5ccc(-c6scnc6C)cc5)C(C)(C)C)CC4)CC3)cc3ncn(C(C)C)c23)cc1C(=O)NC(C)C. The zero-order valence-electron chi connectivity index (χ0n) is 58.9. The second-order valence-electron chi connectivity index (χ2n) is 30.5. The smallest absolute Gasteiger partial charge is 0.251 e. The minimum absolute atomic E-state index is 0.00234. The molecule has 3 aromatic heterocycles. The molecule has 4 atom stereocenters. The Balaban J connectivity index is 0.647. The lowest BCUT2D eigenvalue weighted by Crippen LogP contribution is -2.58. The van der Waals surface area contributed by atoms with Crippen LogP contribution in [0.25, 0.3) is 32.7 Å². The van der Waals surface area contributed by atoms with Gasteiger partial charge < -0.3 is 50.5 Å². The molecule has 0 radical (unpaired) electrons. The van der Waals surface area contributed by atoms with E-state index in [1.165, 1.54) is 30.2 Å². The quantitative estimate of drug-likeness (QED) is 0.0423. The van der Waals surface area contributed by atoms with E-state index in [1.807, 2.05) is 99.8 Å². The first-order valence-corrected chi connectivity index (χ1v) is 36.8. The average molecular weight is 1360 g/mol. The van der Waals surface area contributed by atoms with Crippen molar-refractivity contribution in [3.63, 3.8) is 0 Å². The number of thiazole rings is 1. The Morgan fingerprint density at radius 2 is 1.52 bits per heavy atom. The van der Waals surface area contributed by atoms with Gasteiger partial charge in [0.15, 0.2) is 5.82 Å². The van der Waals surface area contributed by atoms with Gasteiger partial charge in [0.25, 0.3) is 5.91 Å². The van der Waals surface area contributed by atoms with E-state index in [0.717, 1.165) is 103 Å². The number of halogens is 1. The number of pyridine rings is 1. The van der Waals surface area contributed by atoms with E-state index in [-0.39, 0.29) is 84.7 Å². The molecule has 12 rings (SSSR count). The predicted octanol–water partition coefficient (Wildman–Crippen LogP) is 11.3. The number of aromatic nitrogens is 4. The molecule has 1 spiro atoms. The predicted molar refractivity (Wildman–Crippen MR) is 382 cm³/mol. The van der Waals surface area contributed by atoms with Gasteiger partial charge >= 0.3 is 0 Å². The molecule has 22 heteroatoms. The third-order valence-corrected chi connectivity index (χ3v) is 22.7. The summed E-state index contributed by atoms with van der Waals surface area (Å²) in [6.45, 7) is 24.2. The fourth-order valence-electron chi connectivity index (χ4n) is 15.9. The number of amides is 6. The number of nitrogens with zero attached hydrogens (tertiary/aromatic N) is 9. The number of fused-ring (bicyclic) bond motifs is 3. The number of piperidine rings is 3. The Morgan fingerprint density at radius 3 is 2.19 bits per heavy atom. The summed E-state index contributed by atoms with van der Waals surface area (Å²) in [5.41, 5.74) is 8.93. The van der Waals surface area contributed by atoms with Crippen LogP contribution in [0.2, 0.25) is 0 Å². The number of likely N-dealkylation sites (tertiary alicyclic amines) is 4. The lowest BCUT2D eigenvalue weighted by atomic mass is 9.73. The first kappa shape index (κ1) is 70.2. The van der Waals surface area contributed by atoms with E-state index >= 15 is 9.18 Å². The topological polar surface area (TPSA) is 231 Å². The number of hydrogen-bond acceptors (Lipinski definition) is 14. The molecule has 0 unspecified atom stereocenters. The molecule has 98 heavy (non-hydrogen) atoms. The number of hydrogen-bond donors (Lipinski definition) is 5. The Morgan fingerprint density at radius 1 is 0.806 bits per heavy atom. The van der Waals surface area contributed by atoms with Crippen molar-refractivity contribution >= 4 is 75.0 Å². The second kappa shape index (κ2) is 29.3. The van der Waals surface area contributed by atoms with Gasteiger partial charge in [-0.3, -0.25) is 33.7 Å². The fraction of sp³-hybridized carbons (Fsp3) is 0.566. The van der Waals surface area contributed by atoms with Crippen LogP contribution in [0.4, 0.5) is 21.6 Å². The Hall–Kier alpha value is -7.66. The fourth-order valence-corrected chi connectivity index (χ4v) is 16.8. The van der Waals surface area contributed by atoms with E-state index in [2.05, 4.69) is 66.9 Å². The summed E-state index contributed by atoms with van der Waals surface area (Å²) >= 11 is 1.58. The standard InChI is InChI=1S/C76H100FN13O7S/c1-45(2)80-71(94)57-39-61(59(77)34-47(57)5)83-70-67-62(78-43-89(67)46(3)4)40-60(82-70)53-22-23-58-63(35-53)90(55-36-54(37-55)86-28-14-11-15-29-86)74(97)76(58)26-32-87(33-27-76)66(93)42-85-30-24-50(25-31-85)16-12-13-17-65(92)84-69(75(8,9)10)73(96)88-41-56(91)38-64(88)72(95)81-48(6)51-18-20-52(21-19-51)68-49(7)79-44-98-68/h18-23,34-35,39-40,43-46,48,50,54-56,64,69,91H,11-17,24-33,36-38,41-42H2,1-10H3,(H,80,94)(H,81,95)(H,82,83)(H,84,92)/t48-,54?,55?,56+,64-,69+/m0/s1. The van der Waals surface area contributed by atoms with Crippen molar-refractivity contribution in [1.82, 2.24) is 55.1 Å². The molecule has 6 aromatic rings. The highest BCUT2D eigenvalue weighted by molar-refractivity contribution is 7.13. The van der Waals surface area contributed by atoms with Gasteiger partial charge in [0.1, 0.15) is 23.4 Å². The van der Waals surface area contributed by atoms with E-state index in [4.69, 9.17) is 9.97 Å². The average Bonchev–Trinajstić information content (AvgIpc) is 1.55. The number of aliphatic hydroxyl groups is 1. The van der Waals surface area contributed by atoms with Crippen LogP contribution in [0.15, 0.2) is 72.5 Å². The largest absolute Gasteiger partial charge is 0.391 e. The van der Waals surface area contributed by atoms with Gasteiger partial charge in [-0.2, -0.15) is 0 Å². The third kappa shape index (κ3) is 14.8. The van der Waals surface area contributed by atoms with Crippen LogP contribution in [0.5, 0.6) is 0 Å². The first-order chi connectivity index (χ1) is 46.8. The molecule has 6 amide bonds. The number of aryl methyl sites for hydroxylation is 2. The lowest BCUT2D eigenvalue weighted by molar-refractivity contribution is -0.144. The van der Waals surface area contributed by atoms with Gasteiger partial charge in [0.05, 0.1) is 63.4 Å².